The van der Waals surface area contributed by atoms with Crippen LogP contribution in [0.3, 0.4) is 0 Å². The number of nitrogens with zero attached hydrogens (tertiary/aromatic N) is 1. The van der Waals surface area contributed by atoms with E-state index >= 15 is 0 Å². The average Bonchev–Trinajstić information content (AvgIpc) is 2.93. The van der Waals surface area contributed by atoms with Crippen molar-refractivity contribution in [3.8, 4) is 0 Å². The van der Waals surface area contributed by atoms with Gasteiger partial charge in [0.15, 0.2) is 0 Å². The minimum atomic E-state index is -0.293. The lowest BCUT2D eigenvalue weighted by Gasteiger charge is -2.17. The summed E-state index contributed by atoms with van der Waals surface area (Å²) in [4.78, 5) is 26.6. The van der Waals surface area contributed by atoms with E-state index in [0.29, 0.717) is 13.1 Å². The van der Waals surface area contributed by atoms with E-state index in [0.717, 1.165) is 22.4 Å². The molecule has 0 spiro atoms. The molecular weight excluding hydrogens is 312 g/mol. The van der Waals surface area contributed by atoms with Gasteiger partial charge in [0.05, 0.1) is 5.92 Å². The maximum absolute atomic E-state index is 12.6. The molecular formula is C21H24N2O2. The molecule has 0 radical (unpaired) electrons. The van der Waals surface area contributed by atoms with Gasteiger partial charge < -0.3 is 10.2 Å². The van der Waals surface area contributed by atoms with E-state index in [9.17, 15) is 9.59 Å². The third-order valence-electron chi connectivity index (χ3n) is 4.72. The Morgan fingerprint density at radius 1 is 1.08 bits per heavy atom. The molecule has 2 aromatic carbocycles. The first-order valence-electron chi connectivity index (χ1n) is 8.64. The number of nitrogens with one attached hydrogen (secondary N) is 1. The molecule has 3 rings (SSSR count). The number of rotatable bonds is 4. The number of hydrogen-bond donors (Lipinski definition) is 1. The van der Waals surface area contributed by atoms with Crippen molar-refractivity contribution in [2.45, 2.75) is 33.7 Å². The van der Waals surface area contributed by atoms with Crippen molar-refractivity contribution in [2.24, 2.45) is 5.92 Å². The number of carbonyl (C=O) groups is 2. The second-order valence-electron chi connectivity index (χ2n) is 6.97. The van der Waals surface area contributed by atoms with Gasteiger partial charge in [-0.1, -0.05) is 47.5 Å². The van der Waals surface area contributed by atoms with Crippen LogP contribution >= 0.6 is 0 Å². The van der Waals surface area contributed by atoms with Crippen LogP contribution in [0, 0.1) is 26.7 Å². The third kappa shape index (κ3) is 4.08. The van der Waals surface area contributed by atoms with Gasteiger partial charge in [0, 0.05) is 25.2 Å². The summed E-state index contributed by atoms with van der Waals surface area (Å²) >= 11 is 0. The number of benzene rings is 2. The molecule has 0 saturated carbocycles. The predicted octanol–water partition coefficient (Wildman–Crippen LogP) is 3.60. The zero-order valence-corrected chi connectivity index (χ0v) is 15.0. The predicted molar refractivity (Wildman–Crippen MR) is 99.2 cm³/mol. The van der Waals surface area contributed by atoms with Crippen LogP contribution in [-0.4, -0.2) is 23.3 Å². The number of amides is 2. The SMILES string of the molecule is Cc1ccc(CN2C[C@H](C(=O)Nc3ccc(C)cc3C)CC2=O)cc1. The molecule has 4 nitrogen and oxygen atoms in total. The lowest BCUT2D eigenvalue weighted by molar-refractivity contribution is -0.128. The van der Waals surface area contributed by atoms with Crippen molar-refractivity contribution in [2.75, 3.05) is 11.9 Å². The molecule has 4 heteroatoms. The van der Waals surface area contributed by atoms with Gasteiger partial charge in [-0.05, 0) is 38.0 Å². The molecule has 0 aliphatic carbocycles. The van der Waals surface area contributed by atoms with Gasteiger partial charge in [-0.2, -0.15) is 0 Å². The van der Waals surface area contributed by atoms with Gasteiger partial charge in [0.2, 0.25) is 11.8 Å². The molecule has 0 bridgehead atoms. The number of likely N-dealkylation sites (tertiary alicyclic amines) is 1. The van der Waals surface area contributed by atoms with Crippen LogP contribution in [0.1, 0.15) is 28.7 Å². The molecule has 1 aliphatic heterocycles. The largest absolute Gasteiger partial charge is 0.338 e. The van der Waals surface area contributed by atoms with Crippen molar-refractivity contribution in [1.82, 2.24) is 4.90 Å². The van der Waals surface area contributed by atoms with Crippen molar-refractivity contribution in [3.05, 3.63) is 64.7 Å². The molecule has 1 saturated heterocycles. The highest BCUT2D eigenvalue weighted by molar-refractivity contribution is 5.97. The van der Waals surface area contributed by atoms with E-state index in [4.69, 9.17) is 0 Å². The van der Waals surface area contributed by atoms with Crippen LogP contribution in [0.4, 0.5) is 5.69 Å². The molecule has 1 heterocycles. The van der Waals surface area contributed by atoms with E-state index in [1.807, 2.05) is 63.2 Å². The zero-order chi connectivity index (χ0) is 18.0. The van der Waals surface area contributed by atoms with E-state index in [1.54, 1.807) is 4.90 Å². The molecule has 1 aliphatic rings. The van der Waals surface area contributed by atoms with Crippen LogP contribution in [0.5, 0.6) is 0 Å². The Balaban J connectivity index is 1.63. The molecule has 25 heavy (non-hydrogen) atoms. The van der Waals surface area contributed by atoms with E-state index in [1.165, 1.54) is 5.56 Å². The summed E-state index contributed by atoms with van der Waals surface area (Å²) in [6.07, 6.45) is 0.280. The van der Waals surface area contributed by atoms with E-state index < -0.39 is 0 Å². The summed E-state index contributed by atoms with van der Waals surface area (Å²) in [5, 5.41) is 2.97. The molecule has 1 atom stereocenters. The number of hydrogen-bond acceptors (Lipinski definition) is 2. The highest BCUT2D eigenvalue weighted by Gasteiger charge is 2.34. The summed E-state index contributed by atoms with van der Waals surface area (Å²) in [7, 11) is 0. The second kappa shape index (κ2) is 7.09. The fraction of sp³-hybridized carbons (Fsp3) is 0.333. The normalized spacial score (nSPS) is 17.0. The highest BCUT2D eigenvalue weighted by atomic mass is 16.2. The third-order valence-corrected chi connectivity index (χ3v) is 4.72. The van der Waals surface area contributed by atoms with Crippen LogP contribution in [0.2, 0.25) is 0 Å². The summed E-state index contributed by atoms with van der Waals surface area (Å²) in [5.74, 6) is -0.327. The first kappa shape index (κ1) is 17.2. The Morgan fingerprint density at radius 3 is 2.44 bits per heavy atom. The number of carbonyl (C=O) groups excluding carboxylic acids is 2. The van der Waals surface area contributed by atoms with E-state index in [2.05, 4.69) is 5.32 Å². The van der Waals surface area contributed by atoms with Crippen LogP contribution in [-0.2, 0) is 16.1 Å². The van der Waals surface area contributed by atoms with Gasteiger partial charge in [0.1, 0.15) is 0 Å². The highest BCUT2D eigenvalue weighted by Crippen LogP contribution is 2.23. The minimum absolute atomic E-state index is 0.0429. The van der Waals surface area contributed by atoms with Crippen molar-refractivity contribution in [1.29, 1.82) is 0 Å². The van der Waals surface area contributed by atoms with Gasteiger partial charge in [-0.15, -0.1) is 0 Å². The van der Waals surface area contributed by atoms with Crippen LogP contribution < -0.4 is 5.32 Å². The zero-order valence-electron chi connectivity index (χ0n) is 15.0. The second-order valence-corrected chi connectivity index (χ2v) is 6.97. The fourth-order valence-corrected chi connectivity index (χ4v) is 3.20. The Kier molecular flexibility index (Phi) is 4.88. The van der Waals surface area contributed by atoms with E-state index in [-0.39, 0.29) is 24.2 Å². The standard InChI is InChI=1S/C21H24N2O2/c1-14-4-7-17(8-5-14)12-23-13-18(11-20(23)24)21(25)22-19-9-6-15(2)10-16(19)3/h4-10,18H,11-13H2,1-3H3,(H,22,25)/t18-/m1/s1. The van der Waals surface area contributed by atoms with Crippen molar-refractivity contribution < 1.29 is 9.59 Å². The van der Waals surface area contributed by atoms with Gasteiger partial charge in [0.25, 0.3) is 0 Å². The summed E-state index contributed by atoms with van der Waals surface area (Å²) in [6, 6.07) is 14.1. The Hall–Kier alpha value is -2.62. The molecule has 0 unspecified atom stereocenters. The average molecular weight is 336 g/mol. The Morgan fingerprint density at radius 2 is 1.76 bits per heavy atom. The number of anilines is 1. The maximum atomic E-state index is 12.6. The summed E-state index contributed by atoms with van der Waals surface area (Å²) < 4.78 is 0. The molecule has 2 amide bonds. The van der Waals surface area contributed by atoms with Crippen LogP contribution in [0.25, 0.3) is 0 Å². The fourth-order valence-electron chi connectivity index (χ4n) is 3.20. The molecule has 1 fully saturated rings. The molecule has 2 aromatic rings. The lowest BCUT2D eigenvalue weighted by Crippen LogP contribution is -2.28. The monoisotopic (exact) mass is 336 g/mol. The molecule has 0 aromatic heterocycles. The summed E-state index contributed by atoms with van der Waals surface area (Å²) in [6.45, 7) is 7.08. The van der Waals surface area contributed by atoms with Gasteiger partial charge >= 0.3 is 0 Å². The quantitative estimate of drug-likeness (QED) is 0.927. The first-order valence-corrected chi connectivity index (χ1v) is 8.64. The lowest BCUT2D eigenvalue weighted by atomic mass is 10.1. The summed E-state index contributed by atoms with van der Waals surface area (Å²) in [5.41, 5.74) is 5.31. The van der Waals surface area contributed by atoms with Crippen molar-refractivity contribution >= 4 is 17.5 Å². The van der Waals surface area contributed by atoms with Crippen LogP contribution in [0.15, 0.2) is 42.5 Å². The maximum Gasteiger partial charge on any atom is 0.229 e. The van der Waals surface area contributed by atoms with Gasteiger partial charge in [-0.3, -0.25) is 9.59 Å². The smallest absolute Gasteiger partial charge is 0.229 e. The molecule has 130 valence electrons. The molecule has 1 N–H and O–H groups in total. The Bertz CT molecular complexity index is 796. The first-order chi connectivity index (χ1) is 11.9. The van der Waals surface area contributed by atoms with Crippen molar-refractivity contribution in [3.63, 3.8) is 0 Å². The van der Waals surface area contributed by atoms with Gasteiger partial charge in [-0.25, -0.2) is 0 Å². The number of aryl methyl sites for hydroxylation is 3. The topological polar surface area (TPSA) is 49.4 Å². The minimum Gasteiger partial charge on any atom is -0.338 e. The Labute approximate surface area is 148 Å².